The number of carbonyl (C=O) groups is 2. The van der Waals surface area contributed by atoms with E-state index in [2.05, 4.69) is 15.0 Å². The van der Waals surface area contributed by atoms with Crippen LogP contribution in [0.3, 0.4) is 0 Å². The van der Waals surface area contributed by atoms with Crippen LogP contribution in [0.4, 0.5) is 0 Å². The zero-order chi connectivity index (χ0) is 16.3. The van der Waals surface area contributed by atoms with Gasteiger partial charge in [0.1, 0.15) is 6.04 Å². The summed E-state index contributed by atoms with van der Waals surface area (Å²) in [6, 6.07) is 5.99. The lowest BCUT2D eigenvalue weighted by Crippen LogP contribution is -2.29. The van der Waals surface area contributed by atoms with Gasteiger partial charge < -0.3 is 15.2 Å². The molecule has 0 aromatic heterocycles. The number of allylic oxidation sites excluding steroid dienone is 1. The van der Waals surface area contributed by atoms with Crippen LogP contribution in [-0.4, -0.2) is 35.6 Å². The van der Waals surface area contributed by atoms with Gasteiger partial charge in [-0.1, -0.05) is 23.9 Å². The van der Waals surface area contributed by atoms with Crippen molar-refractivity contribution in [1.82, 2.24) is 5.32 Å². The summed E-state index contributed by atoms with van der Waals surface area (Å²) in [7, 11) is 1.31. The van der Waals surface area contributed by atoms with Gasteiger partial charge in [0.15, 0.2) is 5.17 Å². The molecule has 0 fully saturated rings. The molecule has 0 spiro atoms. The summed E-state index contributed by atoms with van der Waals surface area (Å²) in [6.07, 6.45) is 1.86. The first-order valence-corrected chi connectivity index (χ1v) is 7.71. The molecule has 1 heterocycles. The molecule has 1 aliphatic heterocycles. The molecule has 0 radical (unpaired) electrons. The topological polar surface area (TPSA) is 88.0 Å². The third-order valence-electron chi connectivity index (χ3n) is 3.29. The molecule has 0 bridgehead atoms. The lowest BCUT2D eigenvalue weighted by molar-refractivity contribution is -0.133. The molecule has 7 heteroatoms. The first-order chi connectivity index (χ1) is 10.5. The number of ether oxygens (including phenoxy) is 1. The number of hydrogen-bond donors (Lipinski definition) is 2. The molecule has 1 aromatic rings. The molecule has 116 valence electrons. The Balaban J connectivity index is 2.42. The molecule has 1 unspecified atom stereocenters. The number of thioether (sulfide) groups is 1. The number of carboxylic acids is 1. The third kappa shape index (κ3) is 3.14. The Morgan fingerprint density at radius 3 is 2.45 bits per heavy atom. The number of carboxylic acid groups (broad SMARTS) is 1. The van der Waals surface area contributed by atoms with E-state index in [1.54, 1.807) is 31.2 Å². The van der Waals surface area contributed by atoms with Gasteiger partial charge in [-0.05, 0) is 30.9 Å². The summed E-state index contributed by atoms with van der Waals surface area (Å²) in [5, 5.41) is 13.1. The quantitative estimate of drug-likeness (QED) is 0.830. The summed E-state index contributed by atoms with van der Waals surface area (Å²) in [4.78, 5) is 27.4. The Hall–Kier alpha value is -2.28. The van der Waals surface area contributed by atoms with Crippen molar-refractivity contribution in [2.75, 3.05) is 13.4 Å². The highest BCUT2D eigenvalue weighted by Gasteiger charge is 2.28. The predicted octanol–water partition coefficient (Wildman–Crippen LogP) is 2.20. The molecule has 0 aliphatic carbocycles. The average molecular weight is 320 g/mol. The van der Waals surface area contributed by atoms with Crippen molar-refractivity contribution in [3.05, 3.63) is 46.7 Å². The first kappa shape index (κ1) is 16.1. The number of methoxy groups -OCH3 is 1. The summed E-state index contributed by atoms with van der Waals surface area (Å²) < 4.78 is 4.65. The standard InChI is InChI=1S/C15H16N2O4S/c1-8-11(13(18)19)12(17-15(16-8)22-3)9-4-6-10(7-5-9)14(20)21-2/h4-7,12H,1-3H3,(H,16,17)(H,18,19). The van der Waals surface area contributed by atoms with E-state index in [-0.39, 0.29) is 5.57 Å². The first-order valence-electron chi connectivity index (χ1n) is 6.49. The Morgan fingerprint density at radius 2 is 1.95 bits per heavy atom. The van der Waals surface area contributed by atoms with E-state index in [0.717, 1.165) is 0 Å². The summed E-state index contributed by atoms with van der Waals surface area (Å²) >= 11 is 1.41. The largest absolute Gasteiger partial charge is 0.478 e. The minimum atomic E-state index is -1.02. The monoisotopic (exact) mass is 320 g/mol. The van der Waals surface area contributed by atoms with Gasteiger partial charge in [-0.2, -0.15) is 0 Å². The molecule has 1 atom stereocenters. The Kier molecular flexibility index (Phi) is 4.87. The van der Waals surface area contributed by atoms with Gasteiger partial charge in [-0.15, -0.1) is 0 Å². The Morgan fingerprint density at radius 1 is 1.32 bits per heavy atom. The highest BCUT2D eigenvalue weighted by molar-refractivity contribution is 8.13. The lowest BCUT2D eigenvalue weighted by Gasteiger charge is -2.24. The van der Waals surface area contributed by atoms with Crippen LogP contribution in [0.1, 0.15) is 28.9 Å². The minimum Gasteiger partial charge on any atom is -0.478 e. The number of carbonyl (C=O) groups excluding carboxylic acids is 1. The fourth-order valence-corrected chi connectivity index (χ4v) is 2.65. The maximum atomic E-state index is 11.5. The van der Waals surface area contributed by atoms with Gasteiger partial charge in [0.05, 0.1) is 18.2 Å². The number of nitrogens with one attached hydrogen (secondary N) is 1. The van der Waals surface area contributed by atoms with Crippen LogP contribution in [0, 0.1) is 0 Å². The molecule has 0 saturated carbocycles. The van der Waals surface area contributed by atoms with E-state index in [1.165, 1.54) is 18.9 Å². The van der Waals surface area contributed by atoms with E-state index in [0.29, 0.717) is 22.0 Å². The van der Waals surface area contributed by atoms with Crippen LogP contribution < -0.4 is 5.32 Å². The van der Waals surface area contributed by atoms with Gasteiger partial charge in [0.2, 0.25) is 0 Å². The van der Waals surface area contributed by atoms with Crippen LogP contribution in [0.2, 0.25) is 0 Å². The SMILES string of the molecule is COC(=O)c1ccc(C2N=C(SC)NC(C)=C2C(=O)O)cc1. The maximum Gasteiger partial charge on any atom is 0.337 e. The predicted molar refractivity (Wildman–Crippen MR) is 84.9 cm³/mol. The molecule has 0 amide bonds. The molecule has 6 nitrogen and oxygen atoms in total. The fourth-order valence-electron chi connectivity index (χ4n) is 2.19. The molecule has 2 rings (SSSR count). The number of esters is 1. The van der Waals surface area contributed by atoms with Crippen molar-refractivity contribution in [3.63, 3.8) is 0 Å². The second-order valence-electron chi connectivity index (χ2n) is 4.62. The van der Waals surface area contributed by atoms with Crippen molar-refractivity contribution < 1.29 is 19.4 Å². The molecule has 2 N–H and O–H groups in total. The maximum absolute atomic E-state index is 11.5. The highest BCUT2D eigenvalue weighted by atomic mass is 32.2. The second-order valence-corrected chi connectivity index (χ2v) is 5.42. The second kappa shape index (κ2) is 6.65. The third-order valence-corrected chi connectivity index (χ3v) is 3.88. The zero-order valence-electron chi connectivity index (χ0n) is 12.4. The molecular weight excluding hydrogens is 304 g/mol. The number of amidine groups is 1. The van der Waals surface area contributed by atoms with Crippen molar-refractivity contribution in [3.8, 4) is 0 Å². The smallest absolute Gasteiger partial charge is 0.337 e. The number of aliphatic imine (C=N–C) groups is 1. The fraction of sp³-hybridized carbons (Fsp3) is 0.267. The van der Waals surface area contributed by atoms with Crippen LogP contribution >= 0.6 is 11.8 Å². The van der Waals surface area contributed by atoms with E-state index < -0.39 is 18.0 Å². The average Bonchev–Trinajstić information content (AvgIpc) is 2.53. The van der Waals surface area contributed by atoms with Crippen molar-refractivity contribution in [2.45, 2.75) is 13.0 Å². The normalized spacial score (nSPS) is 17.6. The molecule has 0 saturated heterocycles. The van der Waals surface area contributed by atoms with E-state index in [4.69, 9.17) is 0 Å². The molecular formula is C15H16N2O4S. The Bertz CT molecular complexity index is 665. The number of rotatable bonds is 3. The summed E-state index contributed by atoms with van der Waals surface area (Å²) in [5.41, 5.74) is 1.88. The summed E-state index contributed by atoms with van der Waals surface area (Å²) in [6.45, 7) is 1.71. The van der Waals surface area contributed by atoms with Gasteiger partial charge in [0, 0.05) is 5.70 Å². The Labute approximate surface area is 132 Å². The minimum absolute atomic E-state index is 0.198. The number of hydrogen-bond acceptors (Lipinski definition) is 6. The van der Waals surface area contributed by atoms with Crippen LogP contribution in [0.25, 0.3) is 0 Å². The summed E-state index contributed by atoms with van der Waals surface area (Å²) in [5.74, 6) is -1.45. The molecule has 1 aliphatic rings. The molecule has 22 heavy (non-hydrogen) atoms. The van der Waals surface area contributed by atoms with Gasteiger partial charge in [0.25, 0.3) is 0 Å². The van der Waals surface area contributed by atoms with Crippen molar-refractivity contribution in [2.24, 2.45) is 4.99 Å². The van der Waals surface area contributed by atoms with Crippen LogP contribution in [0.15, 0.2) is 40.5 Å². The van der Waals surface area contributed by atoms with Crippen molar-refractivity contribution >= 4 is 28.9 Å². The van der Waals surface area contributed by atoms with E-state index >= 15 is 0 Å². The van der Waals surface area contributed by atoms with Crippen molar-refractivity contribution in [1.29, 1.82) is 0 Å². The van der Waals surface area contributed by atoms with Gasteiger partial charge in [-0.25, -0.2) is 14.6 Å². The van der Waals surface area contributed by atoms with E-state index in [1.807, 2.05) is 6.26 Å². The number of aliphatic carboxylic acids is 1. The van der Waals surface area contributed by atoms with Gasteiger partial charge in [-0.3, -0.25) is 0 Å². The molecule has 1 aromatic carbocycles. The van der Waals surface area contributed by atoms with E-state index in [9.17, 15) is 14.7 Å². The number of benzene rings is 1. The van der Waals surface area contributed by atoms with Gasteiger partial charge >= 0.3 is 11.9 Å². The zero-order valence-corrected chi connectivity index (χ0v) is 13.2. The lowest BCUT2D eigenvalue weighted by atomic mass is 9.96. The van der Waals surface area contributed by atoms with Crippen LogP contribution in [-0.2, 0) is 9.53 Å². The number of nitrogens with zero attached hydrogens (tertiary/aromatic N) is 1. The highest BCUT2D eigenvalue weighted by Crippen LogP contribution is 2.32. The van der Waals surface area contributed by atoms with Crippen LogP contribution in [0.5, 0.6) is 0 Å².